The lowest BCUT2D eigenvalue weighted by Crippen LogP contribution is -2.26. The van der Waals surface area contributed by atoms with Crippen LogP contribution in [0.2, 0.25) is 0 Å². The van der Waals surface area contributed by atoms with Crippen LogP contribution in [-0.4, -0.2) is 14.7 Å². The van der Waals surface area contributed by atoms with E-state index in [9.17, 15) is 9.90 Å². The zero-order valence-corrected chi connectivity index (χ0v) is 11.4. The molecule has 1 unspecified atom stereocenters. The Morgan fingerprint density at radius 2 is 1.84 bits per heavy atom. The fourth-order valence-corrected chi connectivity index (χ4v) is 2.05. The fraction of sp³-hybridized carbons (Fsp3) is 0.333. The summed E-state index contributed by atoms with van der Waals surface area (Å²) >= 11 is 0. The van der Waals surface area contributed by atoms with Crippen LogP contribution >= 0.6 is 0 Å². The average molecular weight is 258 g/mol. The highest BCUT2D eigenvalue weighted by Crippen LogP contribution is 2.15. The average Bonchev–Trinajstić information content (AvgIpc) is 2.34. The number of aliphatic hydroxyl groups is 1. The number of aromatic nitrogens is 2. The van der Waals surface area contributed by atoms with E-state index in [1.54, 1.807) is 13.8 Å². The first-order valence-electron chi connectivity index (χ1n) is 6.27. The van der Waals surface area contributed by atoms with Gasteiger partial charge in [0.25, 0.3) is 5.56 Å². The minimum atomic E-state index is -0.707. The highest BCUT2D eigenvalue weighted by atomic mass is 16.3. The first kappa shape index (κ1) is 13.5. The van der Waals surface area contributed by atoms with Crippen LogP contribution in [0.5, 0.6) is 0 Å². The van der Waals surface area contributed by atoms with Crippen LogP contribution in [0.4, 0.5) is 0 Å². The number of hydrogen-bond donors (Lipinski definition) is 1. The van der Waals surface area contributed by atoms with Crippen molar-refractivity contribution in [2.75, 3.05) is 0 Å². The molecule has 1 aromatic heterocycles. The topological polar surface area (TPSA) is 55.1 Å². The molecule has 100 valence electrons. The zero-order valence-electron chi connectivity index (χ0n) is 11.4. The van der Waals surface area contributed by atoms with Crippen molar-refractivity contribution >= 4 is 0 Å². The Bertz CT molecular complexity index is 630. The van der Waals surface area contributed by atoms with Crippen LogP contribution in [0.3, 0.4) is 0 Å². The summed E-state index contributed by atoms with van der Waals surface area (Å²) in [5.74, 6) is 0.621. The molecule has 0 aliphatic rings. The van der Waals surface area contributed by atoms with Gasteiger partial charge >= 0.3 is 0 Å². The van der Waals surface area contributed by atoms with E-state index in [1.165, 1.54) is 10.6 Å². The lowest BCUT2D eigenvalue weighted by Gasteiger charge is -2.15. The van der Waals surface area contributed by atoms with Crippen molar-refractivity contribution < 1.29 is 5.11 Å². The van der Waals surface area contributed by atoms with Crippen LogP contribution in [-0.2, 0) is 6.54 Å². The van der Waals surface area contributed by atoms with Crippen LogP contribution in [0, 0.1) is 20.8 Å². The van der Waals surface area contributed by atoms with Crippen molar-refractivity contribution in [1.29, 1.82) is 0 Å². The summed E-state index contributed by atoms with van der Waals surface area (Å²) < 4.78 is 1.50. The molecule has 0 aliphatic carbocycles. The first-order chi connectivity index (χ1) is 8.97. The number of hydrogen-bond acceptors (Lipinski definition) is 3. The molecule has 2 rings (SSSR count). The second-order valence-electron chi connectivity index (χ2n) is 4.82. The van der Waals surface area contributed by atoms with E-state index in [-0.39, 0.29) is 12.1 Å². The molecule has 19 heavy (non-hydrogen) atoms. The van der Waals surface area contributed by atoms with Crippen LogP contribution in [0.25, 0.3) is 0 Å². The Balaban J connectivity index is 2.26. The first-order valence-corrected chi connectivity index (χ1v) is 6.27. The highest BCUT2D eigenvalue weighted by molar-refractivity contribution is 5.23. The van der Waals surface area contributed by atoms with Crippen LogP contribution in [0.1, 0.15) is 28.7 Å². The summed E-state index contributed by atoms with van der Waals surface area (Å²) in [7, 11) is 0. The smallest absolute Gasteiger partial charge is 0.253 e. The van der Waals surface area contributed by atoms with Crippen molar-refractivity contribution in [1.82, 2.24) is 9.55 Å². The molecule has 0 amide bonds. The standard InChI is InChI=1S/C15H18N2O2/c1-10-4-6-13(7-5-10)14(18)9-17-12(3)16-11(2)8-15(17)19/h4-8,14,18H,9H2,1-3H3. The lowest BCUT2D eigenvalue weighted by atomic mass is 10.1. The zero-order chi connectivity index (χ0) is 14.0. The molecular weight excluding hydrogens is 240 g/mol. The molecule has 1 aromatic carbocycles. The van der Waals surface area contributed by atoms with Gasteiger partial charge in [0.1, 0.15) is 5.82 Å². The predicted octanol–water partition coefficient (Wildman–Crippen LogP) is 1.90. The maximum atomic E-state index is 11.9. The number of aliphatic hydroxyl groups excluding tert-OH is 1. The van der Waals surface area contributed by atoms with Gasteiger partial charge in [0.2, 0.25) is 0 Å². The molecule has 2 aromatic rings. The summed E-state index contributed by atoms with van der Waals surface area (Å²) in [4.78, 5) is 16.1. The molecule has 0 saturated carbocycles. The Hall–Kier alpha value is -1.94. The van der Waals surface area contributed by atoms with Gasteiger partial charge in [0, 0.05) is 11.8 Å². The van der Waals surface area contributed by atoms with Gasteiger partial charge in [0.15, 0.2) is 0 Å². The quantitative estimate of drug-likeness (QED) is 0.914. The Morgan fingerprint density at radius 1 is 1.21 bits per heavy atom. The molecule has 0 aliphatic heterocycles. The van der Waals surface area contributed by atoms with E-state index in [4.69, 9.17) is 0 Å². The van der Waals surface area contributed by atoms with Gasteiger partial charge in [-0.1, -0.05) is 29.8 Å². The molecule has 1 N–H and O–H groups in total. The summed E-state index contributed by atoms with van der Waals surface area (Å²) in [5, 5.41) is 10.2. The van der Waals surface area contributed by atoms with Crippen molar-refractivity contribution in [3.05, 3.63) is 63.3 Å². The monoisotopic (exact) mass is 258 g/mol. The second-order valence-corrected chi connectivity index (χ2v) is 4.82. The highest BCUT2D eigenvalue weighted by Gasteiger charge is 2.11. The van der Waals surface area contributed by atoms with Crippen LogP contribution in [0.15, 0.2) is 35.1 Å². The molecule has 1 atom stereocenters. The predicted molar refractivity (Wildman–Crippen MR) is 74.1 cm³/mol. The van der Waals surface area contributed by atoms with Gasteiger partial charge in [-0.05, 0) is 26.3 Å². The van der Waals surface area contributed by atoms with Gasteiger partial charge in [-0.3, -0.25) is 9.36 Å². The number of nitrogens with zero attached hydrogens (tertiary/aromatic N) is 2. The van der Waals surface area contributed by atoms with E-state index in [1.807, 2.05) is 31.2 Å². The minimum absolute atomic E-state index is 0.129. The molecule has 0 spiro atoms. The third-order valence-electron chi connectivity index (χ3n) is 3.14. The van der Waals surface area contributed by atoms with Gasteiger partial charge in [-0.15, -0.1) is 0 Å². The SMILES string of the molecule is Cc1ccc(C(O)Cn2c(C)nc(C)cc2=O)cc1. The molecule has 0 saturated heterocycles. The van der Waals surface area contributed by atoms with Gasteiger partial charge < -0.3 is 5.11 Å². The molecular formula is C15H18N2O2. The van der Waals surface area contributed by atoms with E-state index >= 15 is 0 Å². The molecule has 0 bridgehead atoms. The molecule has 1 heterocycles. The summed E-state index contributed by atoms with van der Waals surface area (Å²) in [5.41, 5.74) is 2.51. The summed E-state index contributed by atoms with van der Waals surface area (Å²) in [6.45, 7) is 5.78. The number of benzene rings is 1. The summed E-state index contributed by atoms with van der Waals surface area (Å²) in [6.07, 6.45) is -0.707. The minimum Gasteiger partial charge on any atom is -0.387 e. The molecule has 4 nitrogen and oxygen atoms in total. The third kappa shape index (κ3) is 3.09. The third-order valence-corrected chi connectivity index (χ3v) is 3.14. The fourth-order valence-electron chi connectivity index (χ4n) is 2.05. The van der Waals surface area contributed by atoms with Crippen molar-refractivity contribution in [3.63, 3.8) is 0 Å². The normalized spacial score (nSPS) is 12.4. The lowest BCUT2D eigenvalue weighted by molar-refractivity contribution is 0.153. The van der Waals surface area contributed by atoms with Crippen LogP contribution < -0.4 is 5.56 Å². The summed E-state index contributed by atoms with van der Waals surface area (Å²) in [6, 6.07) is 9.13. The van der Waals surface area contributed by atoms with E-state index in [0.29, 0.717) is 11.5 Å². The van der Waals surface area contributed by atoms with Crippen molar-refractivity contribution in [2.24, 2.45) is 0 Å². The Morgan fingerprint density at radius 3 is 2.42 bits per heavy atom. The van der Waals surface area contributed by atoms with Gasteiger partial charge in [-0.2, -0.15) is 0 Å². The van der Waals surface area contributed by atoms with E-state index < -0.39 is 6.10 Å². The second kappa shape index (κ2) is 5.36. The Kier molecular flexibility index (Phi) is 3.81. The number of aryl methyl sites for hydroxylation is 3. The van der Waals surface area contributed by atoms with Crippen molar-refractivity contribution in [2.45, 2.75) is 33.4 Å². The number of rotatable bonds is 3. The molecule has 4 heteroatoms. The van der Waals surface area contributed by atoms with E-state index in [2.05, 4.69) is 4.98 Å². The molecule has 0 radical (unpaired) electrons. The van der Waals surface area contributed by atoms with Gasteiger partial charge in [0.05, 0.1) is 12.6 Å². The Labute approximate surface area is 112 Å². The van der Waals surface area contributed by atoms with Gasteiger partial charge in [-0.25, -0.2) is 4.98 Å². The maximum Gasteiger partial charge on any atom is 0.253 e. The maximum absolute atomic E-state index is 11.9. The molecule has 0 fully saturated rings. The largest absolute Gasteiger partial charge is 0.387 e. The van der Waals surface area contributed by atoms with Crippen molar-refractivity contribution in [3.8, 4) is 0 Å². The van der Waals surface area contributed by atoms with E-state index in [0.717, 1.165) is 11.1 Å².